The Morgan fingerprint density at radius 1 is 1.31 bits per heavy atom. The van der Waals surface area contributed by atoms with Gasteiger partial charge >= 0.3 is 0 Å². The molecule has 0 unspecified atom stereocenters. The Morgan fingerprint density at radius 3 is 2.96 bits per heavy atom. The molecule has 9 heteroatoms. The summed E-state index contributed by atoms with van der Waals surface area (Å²) in [6.45, 7) is 0. The van der Waals surface area contributed by atoms with Crippen LogP contribution in [0.2, 0.25) is 0 Å². The van der Waals surface area contributed by atoms with Crippen molar-refractivity contribution in [3.8, 4) is 5.75 Å². The van der Waals surface area contributed by atoms with Gasteiger partial charge in [-0.15, -0.1) is 5.10 Å². The highest BCUT2D eigenvalue weighted by Crippen LogP contribution is 2.24. The predicted octanol–water partition coefficient (Wildman–Crippen LogP) is 2.57. The monoisotopic (exact) mass is 352 g/mol. The number of nitrogens with one attached hydrogen (secondary N) is 2. The Hall–Kier alpha value is -3.75. The predicted molar refractivity (Wildman–Crippen MR) is 91.2 cm³/mol. The first-order valence-corrected chi connectivity index (χ1v) is 7.66. The average molecular weight is 352 g/mol. The first-order valence-electron chi connectivity index (χ1n) is 7.66. The van der Waals surface area contributed by atoms with E-state index in [2.05, 4.69) is 25.6 Å². The fourth-order valence-electron chi connectivity index (χ4n) is 2.55. The zero-order valence-corrected chi connectivity index (χ0v) is 13.6. The lowest BCUT2D eigenvalue weighted by molar-refractivity contribution is 0.102. The van der Waals surface area contributed by atoms with Gasteiger partial charge in [-0.2, -0.15) is 5.10 Å². The molecule has 0 aliphatic carbocycles. The highest BCUT2D eigenvalue weighted by Gasteiger charge is 2.20. The first kappa shape index (κ1) is 15.8. The van der Waals surface area contributed by atoms with Crippen LogP contribution in [-0.4, -0.2) is 37.7 Å². The number of aromatic amines is 1. The van der Waals surface area contributed by atoms with E-state index < -0.39 is 11.6 Å². The van der Waals surface area contributed by atoms with Crippen molar-refractivity contribution in [2.24, 2.45) is 0 Å². The quantitative estimate of drug-likeness (QED) is 0.536. The molecule has 0 aliphatic heterocycles. The molecule has 0 fully saturated rings. The van der Waals surface area contributed by atoms with Crippen LogP contribution in [0.4, 0.5) is 16.0 Å². The average Bonchev–Trinajstić information content (AvgIpc) is 3.32. The number of ketones is 1. The largest absolute Gasteiger partial charge is 0.496 e. The molecule has 0 spiro atoms. The molecular weight excluding hydrogens is 339 g/mol. The van der Waals surface area contributed by atoms with Crippen LogP contribution >= 0.6 is 0 Å². The van der Waals surface area contributed by atoms with Gasteiger partial charge in [-0.05, 0) is 30.3 Å². The molecular formula is C17H13FN6O2. The number of anilines is 2. The van der Waals surface area contributed by atoms with Gasteiger partial charge in [0, 0.05) is 12.3 Å². The Balaban J connectivity index is 1.82. The fourth-order valence-corrected chi connectivity index (χ4v) is 2.55. The van der Waals surface area contributed by atoms with Gasteiger partial charge in [-0.25, -0.2) is 13.9 Å². The summed E-state index contributed by atoms with van der Waals surface area (Å²) in [6.07, 6.45) is 3.28. The molecule has 130 valence electrons. The summed E-state index contributed by atoms with van der Waals surface area (Å²) in [5.41, 5.74) is 0.717. The third kappa shape index (κ3) is 2.75. The van der Waals surface area contributed by atoms with Gasteiger partial charge in [-0.3, -0.25) is 9.89 Å². The van der Waals surface area contributed by atoms with Gasteiger partial charge in [0.25, 0.3) is 0 Å². The summed E-state index contributed by atoms with van der Waals surface area (Å²) in [7, 11) is 1.41. The van der Waals surface area contributed by atoms with E-state index in [1.165, 1.54) is 23.8 Å². The Kier molecular flexibility index (Phi) is 3.81. The van der Waals surface area contributed by atoms with E-state index in [0.717, 1.165) is 6.07 Å². The minimum atomic E-state index is -0.551. The van der Waals surface area contributed by atoms with Crippen LogP contribution in [-0.2, 0) is 0 Å². The van der Waals surface area contributed by atoms with Crippen LogP contribution in [0.3, 0.4) is 0 Å². The molecule has 0 atom stereocenters. The van der Waals surface area contributed by atoms with Gasteiger partial charge in [-0.1, -0.05) is 0 Å². The molecule has 0 bridgehead atoms. The highest BCUT2D eigenvalue weighted by molar-refractivity contribution is 6.08. The van der Waals surface area contributed by atoms with E-state index in [9.17, 15) is 9.18 Å². The van der Waals surface area contributed by atoms with Gasteiger partial charge in [0.05, 0.1) is 18.9 Å². The Labute approximate surface area is 146 Å². The molecule has 0 saturated carbocycles. The van der Waals surface area contributed by atoms with E-state index in [1.807, 2.05) is 0 Å². The zero-order valence-electron chi connectivity index (χ0n) is 13.6. The minimum Gasteiger partial charge on any atom is -0.496 e. The van der Waals surface area contributed by atoms with Gasteiger partial charge in [0.15, 0.2) is 5.82 Å². The minimum absolute atomic E-state index is 0.0477. The zero-order chi connectivity index (χ0) is 18.1. The molecule has 1 aromatic carbocycles. The van der Waals surface area contributed by atoms with Crippen LogP contribution in [0.25, 0.3) is 5.52 Å². The van der Waals surface area contributed by atoms with Crippen molar-refractivity contribution in [2.45, 2.75) is 0 Å². The van der Waals surface area contributed by atoms with Crippen LogP contribution in [0.15, 0.2) is 48.8 Å². The number of benzene rings is 1. The normalized spacial score (nSPS) is 10.8. The lowest BCUT2D eigenvalue weighted by Crippen LogP contribution is -2.13. The highest BCUT2D eigenvalue weighted by atomic mass is 19.1. The maximum atomic E-state index is 13.6. The van der Waals surface area contributed by atoms with E-state index >= 15 is 0 Å². The van der Waals surface area contributed by atoms with Crippen molar-refractivity contribution in [1.29, 1.82) is 0 Å². The number of fused-ring (bicyclic) bond motifs is 1. The number of ether oxygens (including phenoxy) is 1. The molecule has 0 amide bonds. The van der Waals surface area contributed by atoms with E-state index in [-0.39, 0.29) is 17.1 Å². The molecule has 3 heterocycles. The van der Waals surface area contributed by atoms with Crippen molar-refractivity contribution >= 4 is 22.9 Å². The molecule has 4 aromatic rings. The maximum Gasteiger partial charge on any atom is 0.235 e. The van der Waals surface area contributed by atoms with Crippen molar-refractivity contribution < 1.29 is 13.9 Å². The third-order valence-electron chi connectivity index (χ3n) is 3.75. The third-order valence-corrected chi connectivity index (χ3v) is 3.75. The van der Waals surface area contributed by atoms with E-state index in [4.69, 9.17) is 4.74 Å². The number of halogens is 1. The number of rotatable bonds is 5. The molecule has 2 N–H and O–H groups in total. The van der Waals surface area contributed by atoms with Crippen LogP contribution in [0.1, 0.15) is 16.2 Å². The molecule has 3 aromatic heterocycles. The number of nitrogens with zero attached hydrogens (tertiary/aromatic N) is 4. The van der Waals surface area contributed by atoms with Crippen molar-refractivity contribution in [3.05, 3.63) is 66.0 Å². The molecule has 0 saturated heterocycles. The summed E-state index contributed by atoms with van der Waals surface area (Å²) < 4.78 is 20.3. The second-order valence-electron chi connectivity index (χ2n) is 5.39. The standard InChI is InChI=1S/C17H13FN6O2/c1-26-13-5-4-10(18)9-11(13)15(25)17-21-16(20-14-6-7-19-22-14)12-3-2-8-24(12)23-17/h2-9H,1H3,(H2,19,20,21,22,23). The lowest BCUT2D eigenvalue weighted by Gasteiger charge is -2.10. The Morgan fingerprint density at radius 2 is 2.19 bits per heavy atom. The number of hydrogen-bond acceptors (Lipinski definition) is 6. The van der Waals surface area contributed by atoms with Gasteiger partial charge in [0.1, 0.15) is 22.9 Å². The van der Waals surface area contributed by atoms with Crippen molar-refractivity contribution in [1.82, 2.24) is 24.8 Å². The lowest BCUT2D eigenvalue weighted by atomic mass is 10.1. The summed E-state index contributed by atoms with van der Waals surface area (Å²) in [4.78, 5) is 17.2. The first-order chi connectivity index (χ1) is 12.7. The van der Waals surface area contributed by atoms with Crippen molar-refractivity contribution in [2.75, 3.05) is 12.4 Å². The second kappa shape index (κ2) is 6.28. The van der Waals surface area contributed by atoms with Gasteiger partial charge in [0.2, 0.25) is 11.6 Å². The SMILES string of the molecule is COc1ccc(F)cc1C(=O)c1nc(Nc2ccn[nH]2)c2cccn2n1. The number of carbonyl (C=O) groups excluding carboxylic acids is 1. The fraction of sp³-hybridized carbons (Fsp3) is 0.0588. The smallest absolute Gasteiger partial charge is 0.235 e. The van der Waals surface area contributed by atoms with E-state index in [0.29, 0.717) is 17.2 Å². The van der Waals surface area contributed by atoms with Crippen molar-refractivity contribution in [3.63, 3.8) is 0 Å². The molecule has 0 aliphatic rings. The topological polar surface area (TPSA) is 97.2 Å². The number of carbonyl (C=O) groups is 1. The summed E-state index contributed by atoms with van der Waals surface area (Å²) in [5.74, 6) is 0.0633. The molecule has 26 heavy (non-hydrogen) atoms. The van der Waals surface area contributed by atoms with Gasteiger partial charge < -0.3 is 10.1 Å². The number of hydrogen-bond donors (Lipinski definition) is 2. The summed E-state index contributed by atoms with van der Waals surface area (Å²) in [5, 5.41) is 13.9. The van der Waals surface area contributed by atoms with Crippen LogP contribution in [0.5, 0.6) is 5.75 Å². The number of aromatic nitrogens is 5. The molecule has 4 rings (SSSR count). The maximum absolute atomic E-state index is 13.6. The van der Waals surface area contributed by atoms with Crippen LogP contribution < -0.4 is 10.1 Å². The molecule has 0 radical (unpaired) electrons. The summed E-state index contributed by atoms with van der Waals surface area (Å²) >= 11 is 0. The number of H-pyrrole nitrogens is 1. The Bertz CT molecular complexity index is 1090. The van der Waals surface area contributed by atoms with Crippen LogP contribution in [0, 0.1) is 5.82 Å². The second-order valence-corrected chi connectivity index (χ2v) is 5.39. The number of methoxy groups -OCH3 is 1. The molecule has 8 nitrogen and oxygen atoms in total. The summed E-state index contributed by atoms with van der Waals surface area (Å²) in [6, 6.07) is 9.01. The van der Waals surface area contributed by atoms with E-state index in [1.54, 1.807) is 30.6 Å².